The summed E-state index contributed by atoms with van der Waals surface area (Å²) in [5.41, 5.74) is 3.27. The fraction of sp³-hybridized carbons (Fsp3) is 0.647. The van der Waals surface area contributed by atoms with Crippen LogP contribution in [0.4, 0.5) is 0 Å². The molecule has 0 unspecified atom stereocenters. The molecule has 1 aromatic rings. The van der Waals surface area contributed by atoms with Crippen molar-refractivity contribution in [3.8, 4) is 0 Å². The van der Waals surface area contributed by atoms with Gasteiger partial charge in [-0.1, -0.05) is 36.8 Å². The summed E-state index contributed by atoms with van der Waals surface area (Å²) < 4.78 is 0. The highest BCUT2D eigenvalue weighted by molar-refractivity contribution is 5.24. The van der Waals surface area contributed by atoms with Crippen molar-refractivity contribution in [3.63, 3.8) is 0 Å². The summed E-state index contributed by atoms with van der Waals surface area (Å²) in [6.07, 6.45) is 6.65. The van der Waals surface area contributed by atoms with Gasteiger partial charge in [-0.05, 0) is 64.6 Å². The molecule has 1 nitrogen and oxygen atoms in total. The standard InChI is InChI=1S/C17H27N/c1-14-8-10-17(11-9-14,18(3)4)13-16-7-5-6-15(2)12-16/h5-7,12,14H,8-11,13H2,1-4H3. The summed E-state index contributed by atoms with van der Waals surface area (Å²) >= 11 is 0. The van der Waals surface area contributed by atoms with Gasteiger partial charge in [0.15, 0.2) is 0 Å². The summed E-state index contributed by atoms with van der Waals surface area (Å²) in [7, 11) is 4.51. The average Bonchev–Trinajstić information content (AvgIpc) is 2.32. The SMILES string of the molecule is Cc1cccc(CC2(N(C)C)CCC(C)CC2)c1. The van der Waals surface area contributed by atoms with Crippen molar-refractivity contribution >= 4 is 0 Å². The van der Waals surface area contributed by atoms with Gasteiger partial charge in [0.2, 0.25) is 0 Å². The van der Waals surface area contributed by atoms with Gasteiger partial charge in [-0.2, -0.15) is 0 Å². The van der Waals surface area contributed by atoms with E-state index in [1.165, 1.54) is 43.2 Å². The lowest BCUT2D eigenvalue weighted by atomic mass is 9.73. The Labute approximate surface area is 112 Å². The molecular weight excluding hydrogens is 218 g/mol. The zero-order chi connectivity index (χ0) is 13.2. The molecule has 0 aliphatic heterocycles. The summed E-state index contributed by atoms with van der Waals surface area (Å²) in [4.78, 5) is 2.47. The first kappa shape index (κ1) is 13.6. The molecule has 0 spiro atoms. The third-order valence-electron chi connectivity index (χ3n) is 4.77. The number of hydrogen-bond acceptors (Lipinski definition) is 1. The van der Waals surface area contributed by atoms with Gasteiger partial charge in [0, 0.05) is 5.54 Å². The normalized spacial score (nSPS) is 28.6. The molecule has 1 heteroatoms. The van der Waals surface area contributed by atoms with Crippen LogP contribution in [0, 0.1) is 12.8 Å². The van der Waals surface area contributed by atoms with Crippen LogP contribution in [0.2, 0.25) is 0 Å². The highest BCUT2D eigenvalue weighted by atomic mass is 15.1. The van der Waals surface area contributed by atoms with E-state index in [1.807, 2.05) is 0 Å². The number of hydrogen-bond donors (Lipinski definition) is 0. The lowest BCUT2D eigenvalue weighted by molar-refractivity contribution is 0.0830. The van der Waals surface area contributed by atoms with E-state index >= 15 is 0 Å². The Hall–Kier alpha value is -0.820. The molecule has 18 heavy (non-hydrogen) atoms. The van der Waals surface area contributed by atoms with Crippen LogP contribution in [0.15, 0.2) is 24.3 Å². The maximum atomic E-state index is 2.47. The van der Waals surface area contributed by atoms with Gasteiger partial charge in [0.25, 0.3) is 0 Å². The van der Waals surface area contributed by atoms with E-state index in [2.05, 4.69) is 57.1 Å². The van der Waals surface area contributed by atoms with E-state index in [0.29, 0.717) is 5.54 Å². The average molecular weight is 245 g/mol. The largest absolute Gasteiger partial charge is 0.303 e. The Morgan fingerprint density at radius 2 is 1.89 bits per heavy atom. The van der Waals surface area contributed by atoms with Gasteiger partial charge >= 0.3 is 0 Å². The van der Waals surface area contributed by atoms with Crippen LogP contribution in [-0.2, 0) is 6.42 Å². The third kappa shape index (κ3) is 2.95. The molecule has 0 heterocycles. The minimum atomic E-state index is 0.389. The van der Waals surface area contributed by atoms with E-state index in [4.69, 9.17) is 0 Å². The van der Waals surface area contributed by atoms with Crippen LogP contribution < -0.4 is 0 Å². The highest BCUT2D eigenvalue weighted by Crippen LogP contribution is 2.37. The molecule has 1 aliphatic carbocycles. The predicted octanol–water partition coefficient (Wildman–Crippen LogP) is 4.05. The minimum Gasteiger partial charge on any atom is -0.303 e. The highest BCUT2D eigenvalue weighted by Gasteiger charge is 2.36. The van der Waals surface area contributed by atoms with Crippen molar-refractivity contribution in [2.45, 2.75) is 51.5 Å². The maximum absolute atomic E-state index is 2.47. The van der Waals surface area contributed by atoms with Crippen LogP contribution in [0.3, 0.4) is 0 Å². The van der Waals surface area contributed by atoms with Crippen molar-refractivity contribution < 1.29 is 0 Å². The van der Waals surface area contributed by atoms with E-state index < -0.39 is 0 Å². The molecule has 0 atom stereocenters. The van der Waals surface area contributed by atoms with Gasteiger partial charge < -0.3 is 4.90 Å². The quantitative estimate of drug-likeness (QED) is 0.776. The van der Waals surface area contributed by atoms with E-state index in [0.717, 1.165) is 5.92 Å². The first-order valence-corrected chi connectivity index (χ1v) is 7.25. The summed E-state index contributed by atoms with van der Waals surface area (Å²) in [6.45, 7) is 4.58. The Bertz CT molecular complexity index is 386. The zero-order valence-electron chi connectivity index (χ0n) is 12.4. The van der Waals surface area contributed by atoms with Crippen molar-refractivity contribution in [2.24, 2.45) is 5.92 Å². The zero-order valence-corrected chi connectivity index (χ0v) is 12.4. The first-order valence-electron chi connectivity index (χ1n) is 7.25. The molecule has 1 fully saturated rings. The van der Waals surface area contributed by atoms with Crippen molar-refractivity contribution in [1.29, 1.82) is 0 Å². The number of benzene rings is 1. The Balaban J connectivity index is 2.16. The number of nitrogens with zero attached hydrogens (tertiary/aromatic N) is 1. The molecular formula is C17H27N. The molecule has 0 radical (unpaired) electrons. The van der Waals surface area contributed by atoms with Crippen LogP contribution in [-0.4, -0.2) is 24.5 Å². The second-order valence-corrected chi connectivity index (χ2v) is 6.47. The van der Waals surface area contributed by atoms with Crippen LogP contribution in [0.5, 0.6) is 0 Å². The van der Waals surface area contributed by atoms with Gasteiger partial charge in [-0.25, -0.2) is 0 Å². The van der Waals surface area contributed by atoms with Crippen molar-refractivity contribution in [3.05, 3.63) is 35.4 Å². The monoisotopic (exact) mass is 245 g/mol. The number of likely N-dealkylation sites (N-methyl/N-ethyl adjacent to an activating group) is 1. The molecule has 0 saturated heterocycles. The molecule has 1 aromatic carbocycles. The predicted molar refractivity (Wildman–Crippen MR) is 78.9 cm³/mol. The lowest BCUT2D eigenvalue weighted by Crippen LogP contribution is -2.48. The lowest BCUT2D eigenvalue weighted by Gasteiger charge is -2.45. The topological polar surface area (TPSA) is 3.24 Å². The third-order valence-corrected chi connectivity index (χ3v) is 4.77. The van der Waals surface area contributed by atoms with E-state index in [-0.39, 0.29) is 0 Å². The molecule has 100 valence electrons. The van der Waals surface area contributed by atoms with E-state index in [1.54, 1.807) is 0 Å². The summed E-state index contributed by atoms with van der Waals surface area (Å²) in [5.74, 6) is 0.913. The Kier molecular flexibility index (Phi) is 4.11. The second-order valence-electron chi connectivity index (χ2n) is 6.47. The maximum Gasteiger partial charge on any atom is 0.0244 e. The second kappa shape index (κ2) is 5.44. The minimum absolute atomic E-state index is 0.389. The molecule has 0 aromatic heterocycles. The first-order chi connectivity index (χ1) is 8.52. The molecule has 1 saturated carbocycles. The van der Waals surface area contributed by atoms with Gasteiger partial charge in [0.1, 0.15) is 0 Å². The smallest absolute Gasteiger partial charge is 0.0244 e. The van der Waals surface area contributed by atoms with Gasteiger partial charge in [-0.15, -0.1) is 0 Å². The fourth-order valence-electron chi connectivity index (χ4n) is 3.28. The van der Waals surface area contributed by atoms with Crippen LogP contribution >= 0.6 is 0 Å². The molecule has 0 bridgehead atoms. The van der Waals surface area contributed by atoms with E-state index in [9.17, 15) is 0 Å². The molecule has 1 aliphatic rings. The fourth-order valence-corrected chi connectivity index (χ4v) is 3.28. The Morgan fingerprint density at radius 1 is 1.22 bits per heavy atom. The molecule has 0 N–H and O–H groups in total. The molecule has 2 rings (SSSR count). The molecule has 0 amide bonds. The number of aryl methyl sites for hydroxylation is 1. The Morgan fingerprint density at radius 3 is 2.44 bits per heavy atom. The summed E-state index contributed by atoms with van der Waals surface area (Å²) in [6, 6.07) is 9.02. The number of rotatable bonds is 3. The van der Waals surface area contributed by atoms with Crippen LogP contribution in [0.1, 0.15) is 43.7 Å². The van der Waals surface area contributed by atoms with Crippen molar-refractivity contribution in [1.82, 2.24) is 4.90 Å². The van der Waals surface area contributed by atoms with Crippen LogP contribution in [0.25, 0.3) is 0 Å². The van der Waals surface area contributed by atoms with Crippen molar-refractivity contribution in [2.75, 3.05) is 14.1 Å². The van der Waals surface area contributed by atoms with Gasteiger partial charge in [0.05, 0.1) is 0 Å². The van der Waals surface area contributed by atoms with Gasteiger partial charge in [-0.3, -0.25) is 0 Å². The summed E-state index contributed by atoms with van der Waals surface area (Å²) in [5, 5.41) is 0.